The summed E-state index contributed by atoms with van der Waals surface area (Å²) in [7, 11) is 0. The van der Waals surface area contributed by atoms with Gasteiger partial charge >= 0.3 is 0 Å². The van der Waals surface area contributed by atoms with Crippen molar-refractivity contribution < 1.29 is 5.11 Å². The number of pyridine rings is 1. The van der Waals surface area contributed by atoms with Crippen molar-refractivity contribution in [3.63, 3.8) is 0 Å². The molecule has 1 heterocycles. The Balaban J connectivity index is 2.78. The molecule has 96 valence electrons. The predicted molar refractivity (Wildman–Crippen MR) is 72.2 cm³/mol. The molecule has 0 aromatic carbocycles. The summed E-state index contributed by atoms with van der Waals surface area (Å²) in [6, 6.07) is 2.01. The minimum absolute atomic E-state index is 0.0674. The van der Waals surface area contributed by atoms with Crippen molar-refractivity contribution in [3.05, 3.63) is 24.0 Å². The van der Waals surface area contributed by atoms with Gasteiger partial charge in [0.2, 0.25) is 0 Å². The predicted octanol–water partition coefficient (Wildman–Crippen LogP) is 2.98. The van der Waals surface area contributed by atoms with Crippen LogP contribution in [0.25, 0.3) is 0 Å². The second-order valence-electron chi connectivity index (χ2n) is 4.36. The Labute approximate surface area is 104 Å². The van der Waals surface area contributed by atoms with Crippen LogP contribution in [0.5, 0.6) is 0 Å². The molecule has 0 aliphatic carbocycles. The summed E-state index contributed by atoms with van der Waals surface area (Å²) in [5.41, 5.74) is 2.07. The van der Waals surface area contributed by atoms with Crippen LogP contribution in [0, 0.1) is 0 Å². The Morgan fingerprint density at radius 3 is 2.35 bits per heavy atom. The van der Waals surface area contributed by atoms with E-state index in [1.807, 2.05) is 6.07 Å². The molecule has 1 aromatic heterocycles. The standard InChI is InChI=1S/C14H24N2O/c1-3-5-9-16(10-6-4-2)14-7-8-15-11-13(14)12-17/h7-8,11,17H,3-6,9-10,12H2,1-2H3. The number of aliphatic hydroxyl groups is 1. The molecule has 0 bridgehead atoms. The highest BCUT2D eigenvalue weighted by Gasteiger charge is 2.09. The van der Waals surface area contributed by atoms with Gasteiger partial charge in [0.1, 0.15) is 0 Å². The molecule has 0 radical (unpaired) electrons. The van der Waals surface area contributed by atoms with Gasteiger partial charge in [-0.1, -0.05) is 26.7 Å². The number of aliphatic hydroxyl groups excluding tert-OH is 1. The van der Waals surface area contributed by atoms with Crippen molar-refractivity contribution in [3.8, 4) is 0 Å². The minimum atomic E-state index is 0.0674. The van der Waals surface area contributed by atoms with Crippen LogP contribution in [0.2, 0.25) is 0 Å². The molecule has 0 atom stereocenters. The van der Waals surface area contributed by atoms with E-state index in [9.17, 15) is 5.11 Å². The molecule has 17 heavy (non-hydrogen) atoms. The Hall–Kier alpha value is -1.09. The average Bonchev–Trinajstić information content (AvgIpc) is 2.39. The van der Waals surface area contributed by atoms with E-state index < -0.39 is 0 Å². The Bertz CT molecular complexity index is 307. The monoisotopic (exact) mass is 236 g/mol. The van der Waals surface area contributed by atoms with E-state index in [-0.39, 0.29) is 6.61 Å². The van der Waals surface area contributed by atoms with E-state index in [1.165, 1.54) is 25.7 Å². The highest BCUT2D eigenvalue weighted by atomic mass is 16.3. The van der Waals surface area contributed by atoms with Gasteiger partial charge in [0.25, 0.3) is 0 Å². The molecule has 0 unspecified atom stereocenters. The lowest BCUT2D eigenvalue weighted by atomic mass is 10.2. The highest BCUT2D eigenvalue weighted by Crippen LogP contribution is 2.20. The van der Waals surface area contributed by atoms with Gasteiger partial charge in [0.05, 0.1) is 6.61 Å². The van der Waals surface area contributed by atoms with Crippen LogP contribution in [0.4, 0.5) is 5.69 Å². The van der Waals surface area contributed by atoms with E-state index in [2.05, 4.69) is 23.7 Å². The van der Waals surface area contributed by atoms with Crippen LogP contribution in [0.3, 0.4) is 0 Å². The van der Waals surface area contributed by atoms with Gasteiger partial charge < -0.3 is 10.0 Å². The summed E-state index contributed by atoms with van der Waals surface area (Å²) in [4.78, 5) is 6.45. The molecule has 0 aliphatic rings. The molecular weight excluding hydrogens is 212 g/mol. The van der Waals surface area contributed by atoms with Gasteiger partial charge in [-0.15, -0.1) is 0 Å². The third-order valence-electron chi connectivity index (χ3n) is 2.95. The van der Waals surface area contributed by atoms with Crippen molar-refractivity contribution in [1.29, 1.82) is 0 Å². The Morgan fingerprint density at radius 1 is 1.18 bits per heavy atom. The van der Waals surface area contributed by atoms with Gasteiger partial charge in [-0.05, 0) is 18.9 Å². The smallest absolute Gasteiger partial charge is 0.0717 e. The van der Waals surface area contributed by atoms with E-state index in [0.717, 1.165) is 24.3 Å². The van der Waals surface area contributed by atoms with Crippen LogP contribution in [-0.2, 0) is 6.61 Å². The van der Waals surface area contributed by atoms with Gasteiger partial charge in [-0.25, -0.2) is 0 Å². The molecule has 0 fully saturated rings. The van der Waals surface area contributed by atoms with Crippen molar-refractivity contribution in [2.45, 2.75) is 46.1 Å². The van der Waals surface area contributed by atoms with Gasteiger partial charge in [0.15, 0.2) is 0 Å². The topological polar surface area (TPSA) is 36.4 Å². The first-order valence-electron chi connectivity index (χ1n) is 6.62. The number of hydrogen-bond donors (Lipinski definition) is 1. The van der Waals surface area contributed by atoms with Crippen LogP contribution < -0.4 is 4.90 Å². The van der Waals surface area contributed by atoms with Gasteiger partial charge in [-0.2, -0.15) is 0 Å². The maximum Gasteiger partial charge on any atom is 0.0717 e. The first kappa shape index (κ1) is 14.0. The molecule has 1 aromatic rings. The number of unbranched alkanes of at least 4 members (excludes halogenated alkanes) is 2. The first-order chi connectivity index (χ1) is 8.33. The van der Waals surface area contributed by atoms with Crippen LogP contribution in [0.15, 0.2) is 18.5 Å². The Morgan fingerprint density at radius 2 is 1.82 bits per heavy atom. The Kier molecular flexibility index (Phi) is 6.63. The SMILES string of the molecule is CCCCN(CCCC)c1ccncc1CO. The molecule has 0 spiro atoms. The van der Waals surface area contributed by atoms with Crippen molar-refractivity contribution >= 4 is 5.69 Å². The molecule has 0 saturated carbocycles. The number of hydrogen-bond acceptors (Lipinski definition) is 3. The summed E-state index contributed by atoms with van der Waals surface area (Å²) in [5, 5.41) is 9.35. The number of anilines is 1. The molecule has 3 nitrogen and oxygen atoms in total. The molecular formula is C14H24N2O. The maximum absolute atomic E-state index is 9.35. The number of rotatable bonds is 8. The average molecular weight is 236 g/mol. The highest BCUT2D eigenvalue weighted by molar-refractivity contribution is 5.51. The zero-order valence-corrected chi connectivity index (χ0v) is 11.0. The molecule has 1 rings (SSSR count). The lowest BCUT2D eigenvalue weighted by Crippen LogP contribution is -2.26. The van der Waals surface area contributed by atoms with Crippen LogP contribution in [0.1, 0.15) is 45.1 Å². The fraction of sp³-hybridized carbons (Fsp3) is 0.643. The molecule has 0 aliphatic heterocycles. The molecule has 1 N–H and O–H groups in total. The summed E-state index contributed by atoms with van der Waals surface area (Å²) < 4.78 is 0. The summed E-state index contributed by atoms with van der Waals surface area (Å²) in [5.74, 6) is 0. The second kappa shape index (κ2) is 8.07. The van der Waals surface area contributed by atoms with Crippen molar-refractivity contribution in [1.82, 2.24) is 4.98 Å². The fourth-order valence-electron chi connectivity index (χ4n) is 1.90. The summed E-state index contributed by atoms with van der Waals surface area (Å²) >= 11 is 0. The van der Waals surface area contributed by atoms with Gasteiger partial charge in [-0.3, -0.25) is 4.98 Å². The third kappa shape index (κ3) is 4.35. The minimum Gasteiger partial charge on any atom is -0.392 e. The molecule has 0 saturated heterocycles. The fourth-order valence-corrected chi connectivity index (χ4v) is 1.90. The summed E-state index contributed by atoms with van der Waals surface area (Å²) in [6.07, 6.45) is 8.34. The quantitative estimate of drug-likeness (QED) is 0.754. The summed E-state index contributed by atoms with van der Waals surface area (Å²) in [6.45, 7) is 6.61. The normalized spacial score (nSPS) is 10.5. The first-order valence-corrected chi connectivity index (χ1v) is 6.62. The molecule has 0 amide bonds. The van der Waals surface area contributed by atoms with Crippen molar-refractivity contribution in [2.75, 3.05) is 18.0 Å². The van der Waals surface area contributed by atoms with E-state index in [0.29, 0.717) is 0 Å². The van der Waals surface area contributed by atoms with E-state index >= 15 is 0 Å². The third-order valence-corrected chi connectivity index (χ3v) is 2.95. The second-order valence-corrected chi connectivity index (χ2v) is 4.36. The zero-order valence-electron chi connectivity index (χ0n) is 11.0. The number of nitrogens with zero attached hydrogens (tertiary/aromatic N) is 2. The lowest BCUT2D eigenvalue weighted by Gasteiger charge is -2.26. The lowest BCUT2D eigenvalue weighted by molar-refractivity contribution is 0.281. The van der Waals surface area contributed by atoms with Crippen LogP contribution in [-0.4, -0.2) is 23.2 Å². The zero-order chi connectivity index (χ0) is 12.5. The van der Waals surface area contributed by atoms with E-state index in [1.54, 1.807) is 12.4 Å². The van der Waals surface area contributed by atoms with Gasteiger partial charge in [0, 0.05) is 36.7 Å². The van der Waals surface area contributed by atoms with Crippen LogP contribution >= 0.6 is 0 Å². The largest absolute Gasteiger partial charge is 0.392 e. The number of aromatic nitrogens is 1. The van der Waals surface area contributed by atoms with E-state index in [4.69, 9.17) is 0 Å². The van der Waals surface area contributed by atoms with Crippen molar-refractivity contribution in [2.24, 2.45) is 0 Å². The maximum atomic E-state index is 9.35. The molecule has 3 heteroatoms.